The first-order valence-electron chi connectivity index (χ1n) is 5.48. The second kappa shape index (κ2) is 5.08. The highest BCUT2D eigenvalue weighted by Crippen LogP contribution is 2.36. The van der Waals surface area contributed by atoms with Gasteiger partial charge in [-0.25, -0.2) is 4.98 Å². The molecule has 0 amide bonds. The van der Waals surface area contributed by atoms with Crippen LogP contribution in [-0.2, 0) is 12.7 Å². The predicted molar refractivity (Wildman–Crippen MR) is 70.0 cm³/mol. The summed E-state index contributed by atoms with van der Waals surface area (Å²) in [6.07, 6.45) is -2.74. The highest BCUT2D eigenvalue weighted by molar-refractivity contribution is 7.11. The number of thiazole rings is 1. The third kappa shape index (κ3) is 3.37. The maximum absolute atomic E-state index is 12.8. The Bertz CT molecular complexity index is 578. The minimum Gasteiger partial charge on any atom is -0.399 e. The number of alkyl halides is 3. The molecule has 2 rings (SSSR count). The van der Waals surface area contributed by atoms with Gasteiger partial charge in [0.25, 0.3) is 0 Å². The normalized spacial score (nSPS) is 11.6. The van der Waals surface area contributed by atoms with E-state index in [0.717, 1.165) is 16.0 Å². The number of nitrogens with one attached hydrogen (secondary N) is 1. The van der Waals surface area contributed by atoms with Crippen molar-refractivity contribution in [2.45, 2.75) is 19.6 Å². The Morgan fingerprint density at radius 2 is 2.11 bits per heavy atom. The lowest BCUT2D eigenvalue weighted by Crippen LogP contribution is -2.11. The van der Waals surface area contributed by atoms with Gasteiger partial charge in [-0.1, -0.05) is 0 Å². The van der Waals surface area contributed by atoms with Crippen LogP contribution in [0.5, 0.6) is 0 Å². The summed E-state index contributed by atoms with van der Waals surface area (Å²) in [5.41, 5.74) is 4.73. The summed E-state index contributed by atoms with van der Waals surface area (Å²) >= 11 is 1.44. The molecular weight excluding hydrogens is 275 g/mol. The molecule has 0 aliphatic carbocycles. The molecule has 102 valence electrons. The second-order valence-corrected chi connectivity index (χ2v) is 5.34. The third-order valence-corrected chi connectivity index (χ3v) is 3.36. The topological polar surface area (TPSA) is 50.9 Å². The molecule has 1 aromatic heterocycles. The van der Waals surface area contributed by atoms with Gasteiger partial charge in [0.15, 0.2) is 0 Å². The van der Waals surface area contributed by atoms with E-state index in [1.54, 1.807) is 6.20 Å². The summed E-state index contributed by atoms with van der Waals surface area (Å²) in [4.78, 5) is 5.11. The van der Waals surface area contributed by atoms with Crippen LogP contribution in [0.15, 0.2) is 24.4 Å². The standard InChI is InChI=1S/C12H12F3N3S/c1-7-5-18-11(19-7)6-17-10-3-2-8(16)4-9(10)12(13,14)15/h2-5,17H,6,16H2,1H3. The van der Waals surface area contributed by atoms with Crippen LogP contribution < -0.4 is 11.1 Å². The summed E-state index contributed by atoms with van der Waals surface area (Å²) in [6, 6.07) is 3.69. The second-order valence-electron chi connectivity index (χ2n) is 4.02. The summed E-state index contributed by atoms with van der Waals surface area (Å²) in [6.45, 7) is 2.15. The van der Waals surface area contributed by atoms with Gasteiger partial charge in [0.2, 0.25) is 0 Å². The Morgan fingerprint density at radius 1 is 1.37 bits per heavy atom. The van der Waals surface area contributed by atoms with Crippen LogP contribution in [-0.4, -0.2) is 4.98 Å². The zero-order valence-corrected chi connectivity index (χ0v) is 10.9. The first-order chi connectivity index (χ1) is 8.86. The van der Waals surface area contributed by atoms with Gasteiger partial charge in [-0.2, -0.15) is 13.2 Å². The number of nitrogens with two attached hydrogens (primary N) is 1. The van der Waals surface area contributed by atoms with E-state index in [9.17, 15) is 13.2 Å². The van der Waals surface area contributed by atoms with E-state index < -0.39 is 11.7 Å². The van der Waals surface area contributed by atoms with Crippen molar-refractivity contribution in [1.29, 1.82) is 0 Å². The number of anilines is 2. The van der Waals surface area contributed by atoms with Gasteiger partial charge >= 0.3 is 6.18 Å². The number of benzene rings is 1. The van der Waals surface area contributed by atoms with Crippen molar-refractivity contribution >= 4 is 22.7 Å². The van der Waals surface area contributed by atoms with Crippen molar-refractivity contribution in [2.24, 2.45) is 0 Å². The molecular formula is C12H12F3N3S. The molecule has 0 atom stereocenters. The van der Waals surface area contributed by atoms with Crippen LogP contribution in [0.25, 0.3) is 0 Å². The van der Waals surface area contributed by atoms with Crippen LogP contribution in [0, 0.1) is 6.92 Å². The van der Waals surface area contributed by atoms with Crippen LogP contribution in [0.1, 0.15) is 15.4 Å². The molecule has 0 aliphatic heterocycles. The summed E-state index contributed by atoms with van der Waals surface area (Å²) < 4.78 is 38.5. The molecule has 0 saturated carbocycles. The van der Waals surface area contributed by atoms with Crippen LogP contribution >= 0.6 is 11.3 Å². The van der Waals surface area contributed by atoms with Crippen LogP contribution in [0.2, 0.25) is 0 Å². The maximum Gasteiger partial charge on any atom is 0.418 e. The van der Waals surface area contributed by atoms with Crippen molar-refractivity contribution in [3.05, 3.63) is 39.8 Å². The van der Waals surface area contributed by atoms with Crippen molar-refractivity contribution in [1.82, 2.24) is 4.98 Å². The van der Waals surface area contributed by atoms with Gasteiger partial charge < -0.3 is 11.1 Å². The number of hydrogen-bond donors (Lipinski definition) is 2. The van der Waals surface area contributed by atoms with Gasteiger partial charge in [0, 0.05) is 22.4 Å². The van der Waals surface area contributed by atoms with Crippen molar-refractivity contribution < 1.29 is 13.2 Å². The van der Waals surface area contributed by atoms with Gasteiger partial charge in [0.1, 0.15) is 5.01 Å². The third-order valence-electron chi connectivity index (χ3n) is 2.45. The average Bonchev–Trinajstić information content (AvgIpc) is 2.72. The van der Waals surface area contributed by atoms with E-state index in [4.69, 9.17) is 5.73 Å². The summed E-state index contributed by atoms with van der Waals surface area (Å²) in [7, 11) is 0. The Labute approximate surface area is 112 Å². The van der Waals surface area contributed by atoms with Gasteiger partial charge in [-0.3, -0.25) is 0 Å². The number of halogens is 3. The van der Waals surface area contributed by atoms with Crippen LogP contribution in [0.3, 0.4) is 0 Å². The zero-order chi connectivity index (χ0) is 14.0. The molecule has 0 spiro atoms. The molecule has 7 heteroatoms. The Hall–Kier alpha value is -1.76. The van der Waals surface area contributed by atoms with E-state index in [0.29, 0.717) is 0 Å². The molecule has 0 fully saturated rings. The minimum atomic E-state index is -4.43. The highest BCUT2D eigenvalue weighted by Gasteiger charge is 2.33. The number of nitrogen functional groups attached to an aromatic ring is 1. The smallest absolute Gasteiger partial charge is 0.399 e. The average molecular weight is 287 g/mol. The minimum absolute atomic E-state index is 0.00885. The van der Waals surface area contributed by atoms with E-state index in [1.165, 1.54) is 23.5 Å². The molecule has 1 aromatic carbocycles. The van der Waals surface area contributed by atoms with E-state index in [2.05, 4.69) is 10.3 Å². The predicted octanol–water partition coefficient (Wildman–Crippen LogP) is 3.66. The summed E-state index contributed by atoms with van der Waals surface area (Å²) in [5, 5.41) is 3.49. The molecule has 0 saturated heterocycles. The lowest BCUT2D eigenvalue weighted by molar-refractivity contribution is -0.136. The Morgan fingerprint density at radius 3 is 2.68 bits per heavy atom. The number of hydrogen-bond acceptors (Lipinski definition) is 4. The van der Waals surface area contributed by atoms with Crippen molar-refractivity contribution in [3.63, 3.8) is 0 Å². The fourth-order valence-electron chi connectivity index (χ4n) is 1.60. The molecule has 19 heavy (non-hydrogen) atoms. The largest absolute Gasteiger partial charge is 0.418 e. The fourth-order valence-corrected chi connectivity index (χ4v) is 2.33. The molecule has 0 aliphatic rings. The fraction of sp³-hybridized carbons (Fsp3) is 0.250. The maximum atomic E-state index is 12.8. The quantitative estimate of drug-likeness (QED) is 0.847. The number of rotatable bonds is 3. The Kier molecular flexibility index (Phi) is 3.66. The lowest BCUT2D eigenvalue weighted by Gasteiger charge is -2.14. The first-order valence-corrected chi connectivity index (χ1v) is 6.30. The van der Waals surface area contributed by atoms with E-state index in [1.807, 2.05) is 6.92 Å². The molecule has 3 nitrogen and oxygen atoms in total. The SMILES string of the molecule is Cc1cnc(CNc2ccc(N)cc2C(F)(F)F)s1. The Balaban J connectivity index is 2.20. The number of aryl methyl sites for hydroxylation is 1. The molecule has 0 unspecified atom stereocenters. The zero-order valence-electron chi connectivity index (χ0n) is 10.1. The first kappa shape index (κ1) is 13.7. The van der Waals surface area contributed by atoms with Gasteiger partial charge in [-0.15, -0.1) is 11.3 Å². The van der Waals surface area contributed by atoms with Crippen molar-refractivity contribution in [2.75, 3.05) is 11.1 Å². The van der Waals surface area contributed by atoms with E-state index in [-0.39, 0.29) is 17.9 Å². The number of aromatic nitrogens is 1. The molecule has 2 aromatic rings. The molecule has 0 radical (unpaired) electrons. The molecule has 0 bridgehead atoms. The van der Waals surface area contributed by atoms with Crippen LogP contribution in [0.4, 0.5) is 24.5 Å². The van der Waals surface area contributed by atoms with E-state index >= 15 is 0 Å². The van der Waals surface area contributed by atoms with Gasteiger partial charge in [0.05, 0.1) is 12.1 Å². The molecule has 1 heterocycles. The summed E-state index contributed by atoms with van der Waals surface area (Å²) in [5.74, 6) is 0. The number of nitrogens with zero attached hydrogens (tertiary/aromatic N) is 1. The van der Waals surface area contributed by atoms with Crippen molar-refractivity contribution in [3.8, 4) is 0 Å². The monoisotopic (exact) mass is 287 g/mol. The lowest BCUT2D eigenvalue weighted by atomic mass is 10.1. The molecule has 3 N–H and O–H groups in total. The highest BCUT2D eigenvalue weighted by atomic mass is 32.1. The van der Waals surface area contributed by atoms with Gasteiger partial charge in [-0.05, 0) is 25.1 Å².